The van der Waals surface area contributed by atoms with Gasteiger partial charge in [0.05, 0.1) is 5.57 Å². The Labute approximate surface area is 240 Å². The van der Waals surface area contributed by atoms with E-state index in [2.05, 4.69) is 43.9 Å². The molecule has 1 heterocycles. The van der Waals surface area contributed by atoms with Crippen molar-refractivity contribution in [3.05, 3.63) is 35.0 Å². The number of hydrogen-bond donors (Lipinski definition) is 0. The topological polar surface area (TPSA) is 96.9 Å². The van der Waals surface area contributed by atoms with Gasteiger partial charge in [0.2, 0.25) is 5.89 Å². The summed E-state index contributed by atoms with van der Waals surface area (Å²) in [4.78, 5) is 32.2. The first kappa shape index (κ1) is 29.0. The Bertz CT molecular complexity index is 1350. The first-order chi connectivity index (χ1) is 18.7. The van der Waals surface area contributed by atoms with E-state index in [9.17, 15) is 14.9 Å². The van der Waals surface area contributed by atoms with Gasteiger partial charge in [-0.25, -0.2) is 0 Å². The van der Waals surface area contributed by atoms with Crippen LogP contribution in [-0.2, 0) is 9.59 Å². The quantitative estimate of drug-likeness (QED) is 0.359. The zero-order chi connectivity index (χ0) is 29.5. The standard InChI is InChI=1S/C32H41N3O3.C2H6/c1-18-34-27(38-35-18)19-8-10-29(4)12-13-32(7)25(21(29)14-19)22(36)15-24-30(5)16-20(17-33)26(37)28(2,3)23(30)9-11-31(24,32)6;1-2/h15-16,19,21,23,25H,8-14H2,1-7H3;1-2H3/t19?,21?,23-,25?,29?,30?,31?,32+;/m0./s1. The van der Waals surface area contributed by atoms with Gasteiger partial charge >= 0.3 is 0 Å². The Balaban J connectivity index is 0.00000158. The van der Waals surface area contributed by atoms with Crippen LogP contribution in [0.2, 0.25) is 0 Å². The Hall–Kier alpha value is -2.55. The minimum atomic E-state index is -0.637. The van der Waals surface area contributed by atoms with Crippen LogP contribution in [0.25, 0.3) is 0 Å². The zero-order valence-corrected chi connectivity index (χ0v) is 26.0. The third-order valence-corrected chi connectivity index (χ3v) is 12.6. The fourth-order valence-corrected chi connectivity index (χ4v) is 10.3. The molecule has 0 radical (unpaired) electrons. The molecule has 0 spiro atoms. The molecule has 1 aromatic heterocycles. The molecule has 6 rings (SSSR count). The van der Waals surface area contributed by atoms with E-state index in [1.54, 1.807) is 0 Å². The monoisotopic (exact) mass is 545 g/mol. The van der Waals surface area contributed by atoms with Crippen LogP contribution in [0.5, 0.6) is 0 Å². The average Bonchev–Trinajstić information content (AvgIpc) is 3.35. The largest absolute Gasteiger partial charge is 0.339 e. The first-order valence-electron chi connectivity index (χ1n) is 15.5. The van der Waals surface area contributed by atoms with E-state index in [4.69, 9.17) is 4.52 Å². The summed E-state index contributed by atoms with van der Waals surface area (Å²) in [6.45, 7) is 19.2. The van der Waals surface area contributed by atoms with E-state index in [1.165, 1.54) is 0 Å². The van der Waals surface area contributed by atoms with Crippen molar-refractivity contribution in [2.75, 3.05) is 0 Å². The summed E-state index contributed by atoms with van der Waals surface area (Å²) in [6.07, 6.45) is 10.9. The highest BCUT2D eigenvalue weighted by molar-refractivity contribution is 6.04. The summed E-state index contributed by atoms with van der Waals surface area (Å²) in [7, 11) is 0. The summed E-state index contributed by atoms with van der Waals surface area (Å²) in [5, 5.41) is 13.9. The maximum atomic E-state index is 14.4. The number of rotatable bonds is 1. The Kier molecular flexibility index (Phi) is 6.68. The predicted molar refractivity (Wildman–Crippen MR) is 154 cm³/mol. The molecule has 0 saturated heterocycles. The van der Waals surface area contributed by atoms with Gasteiger partial charge < -0.3 is 4.52 Å². The van der Waals surface area contributed by atoms with Gasteiger partial charge in [0.1, 0.15) is 6.07 Å². The number of nitriles is 1. The molecule has 0 bridgehead atoms. The molecular weight excluding hydrogens is 498 g/mol. The van der Waals surface area contributed by atoms with Crippen LogP contribution < -0.4 is 0 Å². The second kappa shape index (κ2) is 9.23. The van der Waals surface area contributed by atoms with Crippen molar-refractivity contribution in [1.29, 1.82) is 5.26 Å². The van der Waals surface area contributed by atoms with Gasteiger partial charge in [0.15, 0.2) is 17.4 Å². The molecular formula is C34H47N3O3. The minimum Gasteiger partial charge on any atom is -0.339 e. The third-order valence-electron chi connectivity index (χ3n) is 12.6. The smallest absolute Gasteiger partial charge is 0.229 e. The Morgan fingerprint density at radius 3 is 2.33 bits per heavy atom. The number of ketones is 2. The van der Waals surface area contributed by atoms with Crippen LogP contribution in [0.1, 0.15) is 118 Å². The number of nitrogens with zero attached hydrogens (tertiary/aromatic N) is 3. The third kappa shape index (κ3) is 3.64. The van der Waals surface area contributed by atoms with Crippen LogP contribution in [0.3, 0.4) is 0 Å². The van der Waals surface area contributed by atoms with Crippen molar-refractivity contribution in [3.8, 4) is 6.07 Å². The molecule has 3 fully saturated rings. The molecule has 8 atom stereocenters. The van der Waals surface area contributed by atoms with E-state index >= 15 is 0 Å². The molecule has 6 unspecified atom stereocenters. The molecule has 0 aliphatic heterocycles. The Morgan fingerprint density at radius 2 is 1.70 bits per heavy atom. The van der Waals surface area contributed by atoms with Crippen molar-refractivity contribution in [2.45, 2.75) is 113 Å². The lowest BCUT2D eigenvalue weighted by molar-refractivity contribution is -0.163. The van der Waals surface area contributed by atoms with Gasteiger partial charge in [0, 0.05) is 22.7 Å². The van der Waals surface area contributed by atoms with Gasteiger partial charge in [-0.05, 0) is 86.0 Å². The average molecular weight is 546 g/mol. The van der Waals surface area contributed by atoms with Crippen LogP contribution >= 0.6 is 0 Å². The molecule has 6 heteroatoms. The molecule has 40 heavy (non-hydrogen) atoms. The van der Waals surface area contributed by atoms with E-state index in [-0.39, 0.29) is 57.1 Å². The van der Waals surface area contributed by atoms with Crippen LogP contribution in [0.4, 0.5) is 0 Å². The molecule has 5 aliphatic rings. The van der Waals surface area contributed by atoms with Gasteiger partial charge in [0.25, 0.3) is 0 Å². The summed E-state index contributed by atoms with van der Waals surface area (Å²) in [5.74, 6) is 2.03. The zero-order valence-electron chi connectivity index (χ0n) is 26.0. The van der Waals surface area contributed by atoms with Crippen molar-refractivity contribution in [1.82, 2.24) is 10.1 Å². The van der Waals surface area contributed by atoms with Crippen LogP contribution in [-0.4, -0.2) is 21.7 Å². The number of aromatic nitrogens is 2. The van der Waals surface area contributed by atoms with Crippen LogP contribution in [0, 0.1) is 63.1 Å². The van der Waals surface area contributed by atoms with Crippen molar-refractivity contribution < 1.29 is 14.1 Å². The van der Waals surface area contributed by atoms with Crippen molar-refractivity contribution >= 4 is 11.6 Å². The van der Waals surface area contributed by atoms with Crippen molar-refractivity contribution in [3.63, 3.8) is 0 Å². The highest BCUT2D eigenvalue weighted by Gasteiger charge is 2.69. The summed E-state index contributed by atoms with van der Waals surface area (Å²) < 4.78 is 5.61. The summed E-state index contributed by atoms with van der Waals surface area (Å²) >= 11 is 0. The summed E-state index contributed by atoms with van der Waals surface area (Å²) in [6, 6.07) is 2.20. The molecule has 6 nitrogen and oxygen atoms in total. The lowest BCUT2D eigenvalue weighted by atomic mass is 9.34. The maximum Gasteiger partial charge on any atom is 0.229 e. The van der Waals surface area contributed by atoms with Gasteiger partial charge in [-0.1, -0.05) is 72.2 Å². The number of hydrogen-bond acceptors (Lipinski definition) is 6. The SMILES string of the molecule is CC.Cc1noc(C2CCC3(C)CC[C@]4(C)C(C(=O)C=C5C6(C)C=C(C#N)C(=O)C(C)(C)[C@@H]6CCC54C)C3C2)n1. The van der Waals surface area contributed by atoms with E-state index in [1.807, 2.05) is 46.8 Å². The first-order valence-corrected chi connectivity index (χ1v) is 15.5. The number of carbonyl (C=O) groups is 2. The minimum absolute atomic E-state index is 0.0559. The number of Topliss-reactive ketones (excluding diaryl/α,β-unsaturated/α-hetero) is 1. The van der Waals surface area contributed by atoms with E-state index in [0.717, 1.165) is 56.4 Å². The lowest BCUT2D eigenvalue weighted by Gasteiger charge is -2.68. The second-order valence-electron chi connectivity index (χ2n) is 14.7. The van der Waals surface area contributed by atoms with Gasteiger partial charge in [-0.3, -0.25) is 9.59 Å². The molecule has 5 aliphatic carbocycles. The number of allylic oxidation sites excluding steroid dienone is 4. The fraction of sp³-hybridized carbons (Fsp3) is 0.735. The number of fused-ring (bicyclic) bond motifs is 7. The normalized spacial score (nSPS) is 43.4. The lowest BCUT2D eigenvalue weighted by Crippen LogP contribution is -2.64. The predicted octanol–water partition coefficient (Wildman–Crippen LogP) is 7.70. The molecule has 0 aromatic carbocycles. The number of carbonyl (C=O) groups excluding carboxylic acids is 2. The highest BCUT2D eigenvalue weighted by Crippen LogP contribution is 2.74. The van der Waals surface area contributed by atoms with Crippen LogP contribution in [0.15, 0.2) is 27.8 Å². The van der Waals surface area contributed by atoms with E-state index < -0.39 is 10.8 Å². The number of aryl methyl sites for hydroxylation is 1. The molecule has 1 aromatic rings. The van der Waals surface area contributed by atoms with E-state index in [0.29, 0.717) is 5.82 Å². The van der Waals surface area contributed by atoms with Gasteiger partial charge in [-0.15, -0.1) is 0 Å². The maximum absolute atomic E-state index is 14.4. The molecule has 3 saturated carbocycles. The van der Waals surface area contributed by atoms with Crippen molar-refractivity contribution in [2.24, 2.45) is 44.8 Å². The summed E-state index contributed by atoms with van der Waals surface area (Å²) in [5.41, 5.74) is 0.0332. The van der Waals surface area contributed by atoms with Gasteiger partial charge in [-0.2, -0.15) is 10.2 Å². The molecule has 216 valence electrons. The fourth-order valence-electron chi connectivity index (χ4n) is 10.3. The second-order valence-corrected chi connectivity index (χ2v) is 14.7. The Morgan fingerprint density at radius 1 is 1.00 bits per heavy atom. The molecule has 0 N–H and O–H groups in total. The highest BCUT2D eigenvalue weighted by atomic mass is 16.5. The molecule has 0 amide bonds.